The maximum absolute atomic E-state index is 12.2. The number of carbonyl (C=O) groups excluding carboxylic acids is 1. The highest BCUT2D eigenvalue weighted by molar-refractivity contribution is 7.16. The van der Waals surface area contributed by atoms with Gasteiger partial charge in [-0.25, -0.2) is 4.79 Å². The average Bonchev–Trinajstić information content (AvgIpc) is 2.93. The summed E-state index contributed by atoms with van der Waals surface area (Å²) < 4.78 is 0. The fraction of sp³-hybridized carbons (Fsp3) is 0.308. The predicted octanol–water partition coefficient (Wildman–Crippen LogP) is 2.60. The number of aromatic carboxylic acids is 1. The van der Waals surface area contributed by atoms with Gasteiger partial charge in [-0.3, -0.25) is 9.89 Å². The van der Waals surface area contributed by atoms with Crippen molar-refractivity contribution < 1.29 is 14.7 Å². The molecule has 1 amide bonds. The van der Waals surface area contributed by atoms with E-state index in [0.29, 0.717) is 22.0 Å². The number of amides is 1. The molecular formula is C13H15N3O3S. The van der Waals surface area contributed by atoms with Crippen molar-refractivity contribution >= 4 is 28.2 Å². The van der Waals surface area contributed by atoms with Crippen molar-refractivity contribution in [3.05, 3.63) is 33.5 Å². The lowest BCUT2D eigenvalue weighted by Gasteiger charge is -2.04. The number of carboxylic acid groups (broad SMARTS) is 1. The summed E-state index contributed by atoms with van der Waals surface area (Å²) in [5, 5.41) is 18.9. The Labute approximate surface area is 119 Å². The molecule has 0 spiro atoms. The first-order valence-electron chi connectivity index (χ1n) is 6.13. The molecule has 0 aliphatic heterocycles. The van der Waals surface area contributed by atoms with Gasteiger partial charge in [0.05, 0.1) is 16.8 Å². The van der Waals surface area contributed by atoms with Crippen LogP contribution in [0.2, 0.25) is 0 Å². The second kappa shape index (κ2) is 5.46. The Morgan fingerprint density at radius 3 is 2.65 bits per heavy atom. The molecule has 0 aromatic carbocycles. The minimum atomic E-state index is -1.04. The Bertz CT molecular complexity index is 653. The van der Waals surface area contributed by atoms with Gasteiger partial charge in [0.15, 0.2) is 0 Å². The molecule has 106 valence electrons. The molecule has 0 saturated heterocycles. The molecule has 0 bridgehead atoms. The Morgan fingerprint density at radius 2 is 2.15 bits per heavy atom. The lowest BCUT2D eigenvalue weighted by molar-refractivity contribution is 0.0698. The molecule has 0 saturated carbocycles. The van der Waals surface area contributed by atoms with Gasteiger partial charge < -0.3 is 10.4 Å². The topological polar surface area (TPSA) is 95.1 Å². The number of hydrogen-bond donors (Lipinski definition) is 3. The van der Waals surface area contributed by atoms with Gasteiger partial charge >= 0.3 is 5.97 Å². The Hall–Kier alpha value is -2.15. The van der Waals surface area contributed by atoms with Gasteiger partial charge in [-0.1, -0.05) is 6.92 Å². The largest absolute Gasteiger partial charge is 0.478 e. The first-order chi connectivity index (χ1) is 9.43. The summed E-state index contributed by atoms with van der Waals surface area (Å²) in [5.41, 5.74) is 1.82. The summed E-state index contributed by atoms with van der Waals surface area (Å²) in [6, 6.07) is 1.59. The highest BCUT2D eigenvalue weighted by Gasteiger charge is 2.20. The van der Waals surface area contributed by atoms with Gasteiger partial charge in [0.2, 0.25) is 0 Å². The van der Waals surface area contributed by atoms with E-state index in [1.165, 1.54) is 11.3 Å². The number of aromatic amines is 1. The van der Waals surface area contributed by atoms with Gasteiger partial charge in [-0.15, -0.1) is 11.3 Å². The molecule has 3 N–H and O–H groups in total. The molecule has 0 radical (unpaired) electrons. The van der Waals surface area contributed by atoms with Crippen LogP contribution in [-0.2, 0) is 6.42 Å². The molecule has 2 aromatic rings. The van der Waals surface area contributed by atoms with Gasteiger partial charge in [0, 0.05) is 10.6 Å². The van der Waals surface area contributed by atoms with Crippen molar-refractivity contribution in [3.63, 3.8) is 0 Å². The molecule has 0 unspecified atom stereocenters. The molecule has 0 fully saturated rings. The number of aromatic nitrogens is 2. The number of H-pyrrole nitrogens is 1. The predicted molar refractivity (Wildman–Crippen MR) is 76.7 cm³/mol. The van der Waals surface area contributed by atoms with E-state index in [4.69, 9.17) is 5.11 Å². The minimum absolute atomic E-state index is 0.124. The van der Waals surface area contributed by atoms with Gasteiger partial charge in [-0.05, 0) is 26.3 Å². The van der Waals surface area contributed by atoms with Crippen LogP contribution in [0.3, 0.4) is 0 Å². The quantitative estimate of drug-likeness (QED) is 0.807. The molecule has 20 heavy (non-hydrogen) atoms. The summed E-state index contributed by atoms with van der Waals surface area (Å²) in [6.07, 6.45) is 0.727. The van der Waals surface area contributed by atoms with Crippen LogP contribution in [-0.4, -0.2) is 27.2 Å². The first kappa shape index (κ1) is 14.3. The van der Waals surface area contributed by atoms with Gasteiger partial charge in [-0.2, -0.15) is 5.10 Å². The second-order valence-corrected chi connectivity index (χ2v) is 5.51. The summed E-state index contributed by atoms with van der Waals surface area (Å²) in [7, 11) is 0. The highest BCUT2D eigenvalue weighted by Crippen LogP contribution is 2.29. The summed E-state index contributed by atoms with van der Waals surface area (Å²) in [5.74, 6) is -1.39. The number of rotatable bonds is 4. The Morgan fingerprint density at radius 1 is 1.45 bits per heavy atom. The lowest BCUT2D eigenvalue weighted by Crippen LogP contribution is -2.14. The van der Waals surface area contributed by atoms with E-state index >= 15 is 0 Å². The van der Waals surface area contributed by atoms with E-state index in [-0.39, 0.29) is 11.5 Å². The van der Waals surface area contributed by atoms with E-state index in [0.717, 1.165) is 11.3 Å². The standard InChI is InChI=1S/C13H15N3O3S/c1-4-8-5-9(13(18)19)12(20-8)14-11(17)10-6(2)15-16-7(10)3/h5H,4H2,1-3H3,(H,14,17)(H,15,16)(H,18,19). The van der Waals surface area contributed by atoms with E-state index in [2.05, 4.69) is 15.5 Å². The number of thiophene rings is 1. The van der Waals surface area contributed by atoms with Crippen LogP contribution in [0.4, 0.5) is 5.00 Å². The molecule has 2 aromatic heterocycles. The van der Waals surface area contributed by atoms with E-state index in [1.807, 2.05) is 6.92 Å². The van der Waals surface area contributed by atoms with E-state index in [1.54, 1.807) is 19.9 Å². The van der Waals surface area contributed by atoms with Crippen molar-refractivity contribution in [2.24, 2.45) is 0 Å². The summed E-state index contributed by atoms with van der Waals surface area (Å²) >= 11 is 1.28. The number of aryl methyl sites for hydroxylation is 3. The number of carboxylic acids is 1. The van der Waals surface area contributed by atoms with Crippen molar-refractivity contribution in [2.75, 3.05) is 5.32 Å². The van der Waals surface area contributed by atoms with Crippen LogP contribution in [0.1, 0.15) is 43.9 Å². The van der Waals surface area contributed by atoms with Crippen molar-refractivity contribution in [2.45, 2.75) is 27.2 Å². The van der Waals surface area contributed by atoms with E-state index in [9.17, 15) is 9.59 Å². The van der Waals surface area contributed by atoms with Crippen molar-refractivity contribution in [1.29, 1.82) is 0 Å². The Balaban J connectivity index is 2.32. The fourth-order valence-electron chi connectivity index (χ4n) is 1.92. The highest BCUT2D eigenvalue weighted by atomic mass is 32.1. The Kier molecular flexibility index (Phi) is 3.89. The van der Waals surface area contributed by atoms with Crippen molar-refractivity contribution in [1.82, 2.24) is 10.2 Å². The molecule has 7 heteroatoms. The van der Waals surface area contributed by atoms with Crippen LogP contribution in [0.5, 0.6) is 0 Å². The molecule has 0 aliphatic rings. The maximum Gasteiger partial charge on any atom is 0.338 e. The molecule has 2 rings (SSSR count). The van der Waals surface area contributed by atoms with Crippen LogP contribution in [0.15, 0.2) is 6.07 Å². The summed E-state index contributed by atoms with van der Waals surface area (Å²) in [6.45, 7) is 5.41. The van der Waals surface area contributed by atoms with Crippen molar-refractivity contribution in [3.8, 4) is 0 Å². The molecule has 6 nitrogen and oxygen atoms in total. The van der Waals surface area contributed by atoms with Crippen LogP contribution in [0, 0.1) is 13.8 Å². The van der Waals surface area contributed by atoms with Gasteiger partial charge in [0.25, 0.3) is 5.91 Å². The van der Waals surface area contributed by atoms with E-state index < -0.39 is 5.97 Å². The number of nitrogens with one attached hydrogen (secondary N) is 2. The zero-order valence-electron chi connectivity index (χ0n) is 11.4. The number of carbonyl (C=O) groups is 2. The minimum Gasteiger partial charge on any atom is -0.478 e. The third-order valence-corrected chi connectivity index (χ3v) is 4.14. The van der Waals surface area contributed by atoms with Crippen LogP contribution < -0.4 is 5.32 Å². The average molecular weight is 293 g/mol. The van der Waals surface area contributed by atoms with Crippen LogP contribution >= 0.6 is 11.3 Å². The number of hydrogen-bond acceptors (Lipinski definition) is 4. The fourth-order valence-corrected chi connectivity index (χ4v) is 2.90. The zero-order valence-corrected chi connectivity index (χ0v) is 12.2. The molecule has 2 heterocycles. The summed E-state index contributed by atoms with van der Waals surface area (Å²) in [4.78, 5) is 24.3. The maximum atomic E-state index is 12.2. The second-order valence-electron chi connectivity index (χ2n) is 4.38. The molecular weight excluding hydrogens is 278 g/mol. The third kappa shape index (κ3) is 2.57. The normalized spacial score (nSPS) is 10.6. The number of anilines is 1. The molecule has 0 aliphatic carbocycles. The number of nitrogens with zero attached hydrogens (tertiary/aromatic N) is 1. The third-order valence-electron chi connectivity index (χ3n) is 2.94. The zero-order chi connectivity index (χ0) is 14.9. The monoisotopic (exact) mass is 293 g/mol. The SMILES string of the molecule is CCc1cc(C(=O)O)c(NC(=O)c2c(C)n[nH]c2C)s1. The van der Waals surface area contributed by atoms with Crippen LogP contribution in [0.25, 0.3) is 0 Å². The molecule has 0 atom stereocenters. The first-order valence-corrected chi connectivity index (χ1v) is 6.94. The lowest BCUT2D eigenvalue weighted by atomic mass is 10.2. The van der Waals surface area contributed by atoms with Gasteiger partial charge in [0.1, 0.15) is 5.00 Å². The smallest absolute Gasteiger partial charge is 0.338 e.